The smallest absolute Gasteiger partial charge is 0.266 e. The minimum absolute atomic E-state index is 0.00112. The molecule has 2 aromatic heterocycles. The number of ether oxygens (including phenoxy) is 1. The van der Waals surface area contributed by atoms with Gasteiger partial charge >= 0.3 is 0 Å². The summed E-state index contributed by atoms with van der Waals surface area (Å²) in [5, 5.41) is 10.7. The van der Waals surface area contributed by atoms with Gasteiger partial charge < -0.3 is 15.4 Å². The fourth-order valence-corrected chi connectivity index (χ4v) is 5.24. The van der Waals surface area contributed by atoms with Gasteiger partial charge in [-0.1, -0.05) is 0 Å². The highest BCUT2D eigenvalue weighted by Crippen LogP contribution is 2.45. The van der Waals surface area contributed by atoms with E-state index in [1.54, 1.807) is 42.7 Å². The molecule has 1 aliphatic heterocycles. The summed E-state index contributed by atoms with van der Waals surface area (Å²) in [5.74, 6) is 0.549. The second kappa shape index (κ2) is 7.17. The van der Waals surface area contributed by atoms with E-state index in [2.05, 4.69) is 16.0 Å². The molecule has 1 aliphatic rings. The Morgan fingerprint density at radius 1 is 1.26 bits per heavy atom. The second-order valence-electron chi connectivity index (χ2n) is 6.34. The molecule has 0 unspecified atom stereocenters. The lowest BCUT2D eigenvalue weighted by Crippen LogP contribution is -2.22. The van der Waals surface area contributed by atoms with Crippen LogP contribution in [0.25, 0.3) is 0 Å². The topological polar surface area (TPSA) is 67.4 Å². The molecular weight excluding hydrogens is 380 g/mol. The number of benzene rings is 1. The maximum Gasteiger partial charge on any atom is 0.266 e. The highest BCUT2D eigenvalue weighted by atomic mass is 32.1. The standard InChI is InChI=1S/C20H18N2O3S2/c1-11-17-15(12-7-8-26-10-12)9-16(23)22-20(17)27-18(11)19(24)21-13-3-5-14(25-2)6-4-13/h3-8,10,15H,9H2,1-2H3,(H,21,24)(H,22,23)/t15-/m1/s1. The number of anilines is 2. The van der Waals surface area contributed by atoms with E-state index in [1.165, 1.54) is 11.3 Å². The molecule has 0 spiro atoms. The Morgan fingerprint density at radius 3 is 2.70 bits per heavy atom. The molecule has 2 amide bonds. The monoisotopic (exact) mass is 398 g/mol. The van der Waals surface area contributed by atoms with E-state index in [9.17, 15) is 9.59 Å². The average molecular weight is 399 g/mol. The van der Waals surface area contributed by atoms with E-state index in [0.29, 0.717) is 17.0 Å². The van der Waals surface area contributed by atoms with E-state index in [-0.39, 0.29) is 17.7 Å². The summed E-state index contributed by atoms with van der Waals surface area (Å²) in [4.78, 5) is 25.6. The van der Waals surface area contributed by atoms with Gasteiger partial charge in [-0.15, -0.1) is 11.3 Å². The SMILES string of the molecule is COc1ccc(NC(=O)c2sc3c(c2C)[C@@H](c2ccsc2)CC(=O)N3)cc1. The molecule has 5 nitrogen and oxygen atoms in total. The van der Waals surface area contributed by atoms with E-state index in [4.69, 9.17) is 4.74 Å². The molecule has 0 saturated carbocycles. The van der Waals surface area contributed by atoms with Gasteiger partial charge in [0.25, 0.3) is 5.91 Å². The van der Waals surface area contributed by atoms with Crippen molar-refractivity contribution < 1.29 is 14.3 Å². The van der Waals surface area contributed by atoms with Crippen LogP contribution in [-0.2, 0) is 4.79 Å². The molecule has 0 radical (unpaired) electrons. The molecule has 27 heavy (non-hydrogen) atoms. The molecule has 0 bridgehead atoms. The summed E-state index contributed by atoms with van der Waals surface area (Å²) in [6, 6.07) is 9.25. The first-order chi connectivity index (χ1) is 13.1. The molecule has 3 aromatic rings. The molecule has 2 N–H and O–H groups in total. The predicted octanol–water partition coefficient (Wildman–Crippen LogP) is 4.85. The van der Waals surface area contributed by atoms with Crippen LogP contribution in [0.3, 0.4) is 0 Å². The Morgan fingerprint density at radius 2 is 2.04 bits per heavy atom. The Balaban J connectivity index is 1.65. The van der Waals surface area contributed by atoms with Crippen molar-refractivity contribution in [3.8, 4) is 5.75 Å². The Bertz CT molecular complexity index is 991. The third-order valence-corrected chi connectivity index (χ3v) is 6.61. The van der Waals surface area contributed by atoms with Gasteiger partial charge in [0.15, 0.2) is 0 Å². The van der Waals surface area contributed by atoms with Crippen molar-refractivity contribution in [2.75, 3.05) is 17.7 Å². The summed E-state index contributed by atoms with van der Waals surface area (Å²) in [7, 11) is 1.60. The van der Waals surface area contributed by atoms with Crippen molar-refractivity contribution in [1.82, 2.24) is 0 Å². The molecule has 1 aromatic carbocycles. The van der Waals surface area contributed by atoms with Gasteiger partial charge in [0, 0.05) is 18.0 Å². The summed E-state index contributed by atoms with van der Waals surface area (Å²) in [5.41, 5.74) is 3.80. The van der Waals surface area contributed by atoms with Gasteiger partial charge in [0.2, 0.25) is 5.91 Å². The largest absolute Gasteiger partial charge is 0.497 e. The maximum atomic E-state index is 12.8. The molecule has 7 heteroatoms. The number of carbonyl (C=O) groups is 2. The molecule has 3 heterocycles. The predicted molar refractivity (Wildman–Crippen MR) is 109 cm³/mol. The third kappa shape index (κ3) is 3.36. The Hall–Kier alpha value is -2.64. The van der Waals surface area contributed by atoms with E-state index < -0.39 is 0 Å². The lowest BCUT2D eigenvalue weighted by atomic mass is 9.86. The van der Waals surface area contributed by atoms with Gasteiger partial charge in [-0.2, -0.15) is 11.3 Å². The van der Waals surface area contributed by atoms with Crippen LogP contribution in [0.4, 0.5) is 10.7 Å². The minimum Gasteiger partial charge on any atom is -0.497 e. The Labute approximate surface area is 165 Å². The molecule has 1 atom stereocenters. The van der Waals surface area contributed by atoms with Crippen LogP contribution < -0.4 is 15.4 Å². The zero-order chi connectivity index (χ0) is 19.0. The zero-order valence-corrected chi connectivity index (χ0v) is 16.5. The first-order valence-electron chi connectivity index (χ1n) is 8.47. The summed E-state index contributed by atoms with van der Waals surface area (Å²) < 4.78 is 5.14. The lowest BCUT2D eigenvalue weighted by molar-refractivity contribution is -0.116. The normalized spacial score (nSPS) is 15.8. The van der Waals surface area contributed by atoms with Crippen LogP contribution >= 0.6 is 22.7 Å². The number of hydrogen-bond acceptors (Lipinski definition) is 5. The number of carbonyl (C=O) groups excluding carboxylic acids is 2. The highest BCUT2D eigenvalue weighted by molar-refractivity contribution is 7.18. The van der Waals surface area contributed by atoms with Crippen molar-refractivity contribution in [3.63, 3.8) is 0 Å². The lowest BCUT2D eigenvalue weighted by Gasteiger charge is -2.23. The van der Waals surface area contributed by atoms with Crippen molar-refractivity contribution >= 4 is 45.2 Å². The van der Waals surface area contributed by atoms with Gasteiger partial charge in [0.05, 0.1) is 17.0 Å². The van der Waals surface area contributed by atoms with E-state index >= 15 is 0 Å². The molecular formula is C20H18N2O3S2. The number of nitrogens with one attached hydrogen (secondary N) is 2. The Kier molecular flexibility index (Phi) is 4.72. The van der Waals surface area contributed by atoms with Crippen LogP contribution in [-0.4, -0.2) is 18.9 Å². The van der Waals surface area contributed by atoms with Crippen LogP contribution in [0, 0.1) is 6.92 Å². The van der Waals surface area contributed by atoms with E-state index in [0.717, 1.165) is 27.4 Å². The van der Waals surface area contributed by atoms with Crippen molar-refractivity contribution in [2.24, 2.45) is 0 Å². The highest BCUT2D eigenvalue weighted by Gasteiger charge is 2.33. The number of rotatable bonds is 4. The van der Waals surface area contributed by atoms with Crippen LogP contribution in [0.2, 0.25) is 0 Å². The third-order valence-electron chi connectivity index (χ3n) is 4.68. The van der Waals surface area contributed by atoms with Crippen LogP contribution in [0.15, 0.2) is 41.1 Å². The summed E-state index contributed by atoms with van der Waals surface area (Å²) in [6.07, 6.45) is 0.404. The fourth-order valence-electron chi connectivity index (χ4n) is 3.34. The first kappa shape index (κ1) is 17.8. The summed E-state index contributed by atoms with van der Waals surface area (Å²) in [6.45, 7) is 1.95. The van der Waals surface area contributed by atoms with Gasteiger partial charge in [-0.3, -0.25) is 9.59 Å². The van der Waals surface area contributed by atoms with Crippen LogP contribution in [0.5, 0.6) is 5.75 Å². The van der Waals surface area contributed by atoms with Gasteiger partial charge in [-0.05, 0) is 64.7 Å². The molecule has 4 rings (SSSR count). The fraction of sp³-hybridized carbons (Fsp3) is 0.200. The van der Waals surface area contributed by atoms with Gasteiger partial charge in [0.1, 0.15) is 5.75 Å². The number of hydrogen-bond donors (Lipinski definition) is 2. The number of fused-ring (bicyclic) bond motifs is 1. The second-order valence-corrected chi connectivity index (χ2v) is 8.14. The summed E-state index contributed by atoms with van der Waals surface area (Å²) >= 11 is 2.95. The molecule has 0 aliphatic carbocycles. The quantitative estimate of drug-likeness (QED) is 0.660. The van der Waals surface area contributed by atoms with Crippen LogP contribution in [0.1, 0.15) is 38.7 Å². The molecule has 138 valence electrons. The van der Waals surface area contributed by atoms with E-state index in [1.807, 2.05) is 18.4 Å². The van der Waals surface area contributed by atoms with Crippen molar-refractivity contribution in [2.45, 2.75) is 19.3 Å². The number of amides is 2. The zero-order valence-electron chi connectivity index (χ0n) is 14.9. The van der Waals surface area contributed by atoms with Crippen molar-refractivity contribution in [1.29, 1.82) is 0 Å². The first-order valence-corrected chi connectivity index (χ1v) is 10.2. The van der Waals surface area contributed by atoms with Crippen molar-refractivity contribution in [3.05, 3.63) is 62.7 Å². The van der Waals surface area contributed by atoms with Gasteiger partial charge in [-0.25, -0.2) is 0 Å². The molecule has 0 saturated heterocycles. The molecule has 0 fully saturated rings. The maximum absolute atomic E-state index is 12.8. The number of methoxy groups -OCH3 is 1. The average Bonchev–Trinajstić information content (AvgIpc) is 3.30. The minimum atomic E-state index is -0.171. The number of thiophene rings is 2.